The van der Waals surface area contributed by atoms with Gasteiger partial charge in [0.2, 0.25) is 11.8 Å². The van der Waals surface area contributed by atoms with E-state index < -0.39 is 28.5 Å². The van der Waals surface area contributed by atoms with Crippen molar-refractivity contribution in [1.29, 1.82) is 0 Å². The molecule has 1 N–H and O–H groups in total. The van der Waals surface area contributed by atoms with E-state index in [9.17, 15) is 18.0 Å². The van der Waals surface area contributed by atoms with Crippen molar-refractivity contribution in [2.45, 2.75) is 57.6 Å². The van der Waals surface area contributed by atoms with Crippen LogP contribution in [0.4, 0.5) is 5.69 Å². The lowest BCUT2D eigenvalue weighted by atomic mass is 10.1. The highest BCUT2D eigenvalue weighted by Gasteiger charge is 2.34. The van der Waals surface area contributed by atoms with Gasteiger partial charge in [-0.2, -0.15) is 0 Å². The lowest BCUT2D eigenvalue weighted by Gasteiger charge is -2.33. The summed E-state index contributed by atoms with van der Waals surface area (Å²) in [7, 11) is -2.64. The highest BCUT2D eigenvalue weighted by Crippen LogP contribution is 2.27. The first kappa shape index (κ1) is 29.7. The maximum atomic E-state index is 14.0. The van der Waals surface area contributed by atoms with Gasteiger partial charge in [0.1, 0.15) is 18.3 Å². The smallest absolute Gasteiger partial charge is 0.264 e. The van der Waals surface area contributed by atoms with E-state index >= 15 is 0 Å². The largest absolute Gasteiger partial charge is 0.497 e. The normalized spacial score (nSPS) is 12.1. The minimum atomic E-state index is -4.13. The highest BCUT2D eigenvalue weighted by molar-refractivity contribution is 7.92. The predicted octanol–water partition coefficient (Wildman–Crippen LogP) is 4.53. The van der Waals surface area contributed by atoms with Gasteiger partial charge in [0.05, 0.1) is 17.7 Å². The van der Waals surface area contributed by atoms with E-state index in [1.807, 2.05) is 52.0 Å². The Balaban J connectivity index is 2.06. The van der Waals surface area contributed by atoms with Gasteiger partial charge in [-0.25, -0.2) is 8.42 Å². The molecule has 9 heteroatoms. The van der Waals surface area contributed by atoms with Crippen LogP contribution < -0.4 is 14.4 Å². The van der Waals surface area contributed by atoms with Crippen molar-refractivity contribution in [3.8, 4) is 5.75 Å². The number of sulfonamides is 1. The number of carbonyl (C=O) groups is 2. The van der Waals surface area contributed by atoms with Crippen LogP contribution in [0.3, 0.4) is 0 Å². The molecule has 3 aromatic rings. The van der Waals surface area contributed by atoms with Crippen LogP contribution in [0, 0.1) is 6.92 Å². The molecule has 39 heavy (non-hydrogen) atoms. The molecule has 0 saturated heterocycles. The van der Waals surface area contributed by atoms with Gasteiger partial charge >= 0.3 is 0 Å². The van der Waals surface area contributed by atoms with Gasteiger partial charge < -0.3 is 15.0 Å². The SMILES string of the molecule is CCC(C(=O)NC(C)C)N(Cc1ccc(C)cc1)C(=O)CN(c1cccc(OC)c1)S(=O)(=O)c1ccccc1. The quantitative estimate of drug-likeness (QED) is 0.357. The van der Waals surface area contributed by atoms with Crippen molar-refractivity contribution < 1.29 is 22.7 Å². The Hall–Kier alpha value is -3.85. The fourth-order valence-corrected chi connectivity index (χ4v) is 5.63. The number of anilines is 1. The van der Waals surface area contributed by atoms with Gasteiger partial charge in [-0.15, -0.1) is 0 Å². The number of rotatable bonds is 12. The molecule has 0 fully saturated rings. The Morgan fingerprint density at radius 3 is 2.21 bits per heavy atom. The summed E-state index contributed by atoms with van der Waals surface area (Å²) in [5.74, 6) is -0.331. The maximum Gasteiger partial charge on any atom is 0.264 e. The fraction of sp³-hybridized carbons (Fsp3) is 0.333. The monoisotopic (exact) mass is 551 g/mol. The number of nitrogens with zero attached hydrogens (tertiary/aromatic N) is 2. The second-order valence-corrected chi connectivity index (χ2v) is 11.5. The van der Waals surface area contributed by atoms with E-state index in [-0.39, 0.29) is 29.1 Å². The van der Waals surface area contributed by atoms with Crippen LogP contribution in [0.25, 0.3) is 0 Å². The van der Waals surface area contributed by atoms with Gasteiger partial charge in [-0.3, -0.25) is 13.9 Å². The lowest BCUT2D eigenvalue weighted by Crippen LogP contribution is -2.53. The molecular weight excluding hydrogens is 514 g/mol. The van der Waals surface area contributed by atoms with Crippen molar-refractivity contribution in [1.82, 2.24) is 10.2 Å². The van der Waals surface area contributed by atoms with E-state index in [1.54, 1.807) is 42.5 Å². The van der Waals surface area contributed by atoms with Crippen molar-refractivity contribution >= 4 is 27.5 Å². The van der Waals surface area contributed by atoms with E-state index in [4.69, 9.17) is 4.74 Å². The Morgan fingerprint density at radius 1 is 0.949 bits per heavy atom. The molecule has 0 heterocycles. The van der Waals surface area contributed by atoms with Crippen LogP contribution in [-0.4, -0.2) is 50.9 Å². The summed E-state index contributed by atoms with van der Waals surface area (Å²) < 4.78 is 34.1. The summed E-state index contributed by atoms with van der Waals surface area (Å²) in [6.07, 6.45) is 0.362. The van der Waals surface area contributed by atoms with Gasteiger partial charge in [0.15, 0.2) is 0 Å². The van der Waals surface area contributed by atoms with Crippen LogP contribution in [-0.2, 0) is 26.2 Å². The van der Waals surface area contributed by atoms with E-state index in [0.29, 0.717) is 12.2 Å². The van der Waals surface area contributed by atoms with Crippen molar-refractivity contribution in [3.63, 3.8) is 0 Å². The number of carbonyl (C=O) groups excluding carboxylic acids is 2. The Labute approximate surface area is 231 Å². The molecule has 3 aromatic carbocycles. The molecule has 0 aliphatic heterocycles. The average molecular weight is 552 g/mol. The third kappa shape index (κ3) is 7.60. The number of nitrogens with one attached hydrogen (secondary N) is 1. The topological polar surface area (TPSA) is 96.0 Å². The zero-order valence-corrected chi connectivity index (χ0v) is 23.9. The van der Waals surface area contributed by atoms with E-state index in [1.165, 1.54) is 24.1 Å². The fourth-order valence-electron chi connectivity index (χ4n) is 4.20. The number of ether oxygens (including phenoxy) is 1. The summed E-state index contributed by atoms with van der Waals surface area (Å²) in [5.41, 5.74) is 2.18. The first-order chi connectivity index (χ1) is 18.6. The number of hydrogen-bond acceptors (Lipinski definition) is 5. The Morgan fingerprint density at radius 2 is 1.62 bits per heavy atom. The highest BCUT2D eigenvalue weighted by atomic mass is 32.2. The van der Waals surface area contributed by atoms with Crippen LogP contribution in [0.5, 0.6) is 5.75 Å². The minimum absolute atomic E-state index is 0.0512. The number of benzene rings is 3. The van der Waals surface area contributed by atoms with Crippen molar-refractivity contribution in [3.05, 3.63) is 90.0 Å². The van der Waals surface area contributed by atoms with Gasteiger partial charge in [-0.05, 0) is 57.0 Å². The van der Waals surface area contributed by atoms with Crippen LogP contribution in [0.15, 0.2) is 83.8 Å². The predicted molar refractivity (Wildman–Crippen MR) is 153 cm³/mol. The molecule has 0 aliphatic rings. The summed E-state index contributed by atoms with van der Waals surface area (Å²) in [6.45, 7) is 7.17. The molecular formula is C30H37N3O5S. The second kappa shape index (κ2) is 13.3. The van der Waals surface area contributed by atoms with E-state index in [2.05, 4.69) is 5.32 Å². The third-order valence-corrected chi connectivity index (χ3v) is 8.03. The zero-order chi connectivity index (χ0) is 28.6. The second-order valence-electron chi connectivity index (χ2n) is 9.62. The molecule has 0 saturated carbocycles. The number of amides is 2. The van der Waals surface area contributed by atoms with Crippen molar-refractivity contribution in [2.75, 3.05) is 18.0 Å². The first-order valence-corrected chi connectivity index (χ1v) is 14.4. The summed E-state index contributed by atoms with van der Waals surface area (Å²) in [6, 6.07) is 21.3. The van der Waals surface area contributed by atoms with Crippen LogP contribution in [0.1, 0.15) is 38.3 Å². The maximum absolute atomic E-state index is 14.0. The van der Waals surface area contributed by atoms with Crippen LogP contribution >= 0.6 is 0 Å². The molecule has 1 unspecified atom stereocenters. The van der Waals surface area contributed by atoms with E-state index in [0.717, 1.165) is 15.4 Å². The summed E-state index contributed by atoms with van der Waals surface area (Å²) in [5, 5.41) is 2.90. The molecule has 0 radical (unpaired) electrons. The van der Waals surface area contributed by atoms with Gasteiger partial charge in [-0.1, -0.05) is 61.0 Å². The molecule has 0 bridgehead atoms. The van der Waals surface area contributed by atoms with Crippen molar-refractivity contribution in [2.24, 2.45) is 0 Å². The first-order valence-electron chi connectivity index (χ1n) is 12.9. The Kier molecular flexibility index (Phi) is 10.1. The molecule has 3 rings (SSSR count). The number of methoxy groups -OCH3 is 1. The summed E-state index contributed by atoms with van der Waals surface area (Å²) >= 11 is 0. The molecule has 208 valence electrons. The van der Waals surface area contributed by atoms with Gasteiger partial charge in [0, 0.05) is 18.7 Å². The zero-order valence-electron chi connectivity index (χ0n) is 23.1. The molecule has 0 aromatic heterocycles. The standard InChI is InChI=1S/C30H37N3O5S/c1-6-28(30(35)31-22(2)3)32(20-24-17-15-23(4)16-18-24)29(34)21-33(25-11-10-12-26(19-25)38-5)39(36,37)27-13-8-7-9-14-27/h7-19,22,28H,6,20-21H2,1-5H3,(H,31,35). The van der Waals surface area contributed by atoms with Crippen LogP contribution in [0.2, 0.25) is 0 Å². The third-order valence-electron chi connectivity index (χ3n) is 6.24. The molecule has 2 amide bonds. The molecule has 0 aliphatic carbocycles. The number of hydrogen-bond donors (Lipinski definition) is 1. The minimum Gasteiger partial charge on any atom is -0.497 e. The summed E-state index contributed by atoms with van der Waals surface area (Å²) in [4.78, 5) is 28.7. The Bertz CT molecular complexity index is 1360. The lowest BCUT2D eigenvalue weighted by molar-refractivity contribution is -0.140. The number of aryl methyl sites for hydroxylation is 1. The molecule has 1 atom stereocenters. The molecule has 8 nitrogen and oxygen atoms in total. The average Bonchev–Trinajstić information content (AvgIpc) is 2.92. The van der Waals surface area contributed by atoms with Gasteiger partial charge in [0.25, 0.3) is 10.0 Å². The molecule has 0 spiro atoms.